The summed E-state index contributed by atoms with van der Waals surface area (Å²) in [6.07, 6.45) is 4.02. The highest BCUT2D eigenvalue weighted by Crippen LogP contribution is 2.21. The van der Waals surface area contributed by atoms with Gasteiger partial charge in [0.25, 0.3) is 5.91 Å². The van der Waals surface area contributed by atoms with Crippen molar-refractivity contribution in [1.29, 1.82) is 0 Å². The van der Waals surface area contributed by atoms with Crippen molar-refractivity contribution in [2.24, 2.45) is 0 Å². The second-order valence-corrected chi connectivity index (χ2v) is 5.57. The fourth-order valence-electron chi connectivity index (χ4n) is 3.01. The van der Waals surface area contributed by atoms with Gasteiger partial charge in [-0.05, 0) is 18.9 Å². The molecule has 21 heavy (non-hydrogen) atoms. The second kappa shape index (κ2) is 5.89. The zero-order valence-corrected chi connectivity index (χ0v) is 12.1. The van der Waals surface area contributed by atoms with Crippen LogP contribution in [-0.2, 0) is 16.0 Å². The van der Waals surface area contributed by atoms with E-state index in [0.717, 1.165) is 25.0 Å². The highest BCUT2D eigenvalue weighted by molar-refractivity contribution is 5.95. The maximum absolute atomic E-state index is 12.6. The normalized spacial score (nSPS) is 25.4. The minimum Gasteiger partial charge on any atom is -0.469 e. The monoisotopic (exact) mass is 292 g/mol. The van der Waals surface area contributed by atoms with Crippen molar-refractivity contribution < 1.29 is 18.7 Å². The van der Waals surface area contributed by atoms with E-state index in [4.69, 9.17) is 9.15 Å². The molecule has 3 heterocycles. The number of carbonyl (C=O) groups is 2. The number of nitrogens with one attached hydrogen (secondary N) is 1. The fraction of sp³-hybridized carbons (Fsp3) is 0.600. The van der Waals surface area contributed by atoms with Crippen LogP contribution in [0.5, 0.6) is 0 Å². The molecular formula is C15H20N2O4. The number of furan rings is 1. The number of morpholine rings is 1. The Bertz CT molecular complexity index is 540. The largest absolute Gasteiger partial charge is 0.469 e. The molecule has 0 saturated carbocycles. The molecule has 0 aliphatic carbocycles. The van der Waals surface area contributed by atoms with Crippen molar-refractivity contribution in [1.82, 2.24) is 10.2 Å². The van der Waals surface area contributed by atoms with Crippen LogP contribution >= 0.6 is 0 Å². The summed E-state index contributed by atoms with van der Waals surface area (Å²) in [5.74, 6) is 0.611. The van der Waals surface area contributed by atoms with E-state index in [1.165, 1.54) is 0 Å². The van der Waals surface area contributed by atoms with Gasteiger partial charge in [0.05, 0.1) is 24.0 Å². The van der Waals surface area contributed by atoms with Crippen LogP contribution in [0.3, 0.4) is 0 Å². The average Bonchev–Trinajstić information content (AvgIpc) is 2.94. The number of hydrogen-bond acceptors (Lipinski definition) is 4. The molecule has 0 unspecified atom stereocenters. The van der Waals surface area contributed by atoms with Crippen LogP contribution in [-0.4, -0.2) is 48.6 Å². The topological polar surface area (TPSA) is 71.8 Å². The fourth-order valence-corrected chi connectivity index (χ4v) is 3.01. The number of rotatable bonds is 3. The Kier molecular flexibility index (Phi) is 3.96. The zero-order chi connectivity index (χ0) is 14.8. The lowest BCUT2D eigenvalue weighted by Gasteiger charge is -2.41. The lowest BCUT2D eigenvalue weighted by molar-refractivity contribution is -0.139. The van der Waals surface area contributed by atoms with E-state index < -0.39 is 0 Å². The van der Waals surface area contributed by atoms with Gasteiger partial charge in [0.1, 0.15) is 12.4 Å². The van der Waals surface area contributed by atoms with Crippen molar-refractivity contribution >= 4 is 11.8 Å². The number of piperidine rings is 1. The number of fused-ring (bicyclic) bond motifs is 1. The smallest absolute Gasteiger partial charge is 0.257 e. The number of hydrogen-bond donors (Lipinski definition) is 1. The number of likely N-dealkylation sites (tertiary alicyclic amines) is 1. The molecule has 2 atom stereocenters. The van der Waals surface area contributed by atoms with E-state index in [2.05, 4.69) is 12.2 Å². The molecule has 2 fully saturated rings. The third kappa shape index (κ3) is 2.81. The number of nitrogens with zero attached hydrogens (tertiary/aromatic N) is 1. The molecule has 1 aromatic heterocycles. The van der Waals surface area contributed by atoms with E-state index in [1.54, 1.807) is 17.2 Å². The minimum absolute atomic E-state index is 0.0196. The van der Waals surface area contributed by atoms with Crippen LogP contribution in [0.1, 0.15) is 35.9 Å². The molecule has 6 nitrogen and oxygen atoms in total. The van der Waals surface area contributed by atoms with Crippen molar-refractivity contribution in [2.45, 2.75) is 38.3 Å². The molecule has 114 valence electrons. The SMILES string of the molecule is CCCc1occc1C(=O)N1CC[C@@H]2OCC(=O)N[C@H]2C1. The maximum Gasteiger partial charge on any atom is 0.257 e. The zero-order valence-electron chi connectivity index (χ0n) is 12.1. The van der Waals surface area contributed by atoms with Gasteiger partial charge < -0.3 is 19.4 Å². The van der Waals surface area contributed by atoms with E-state index in [0.29, 0.717) is 18.7 Å². The molecule has 6 heteroatoms. The quantitative estimate of drug-likeness (QED) is 0.901. The standard InChI is InChI=1S/C15H20N2O4/c1-2-3-12-10(5-7-20-12)15(19)17-6-4-13-11(8-17)16-14(18)9-21-13/h5,7,11,13H,2-4,6,8-9H2,1H3,(H,16,18)/t11-,13-/m0/s1. The predicted octanol–water partition coefficient (Wildman–Crippen LogP) is 0.962. The van der Waals surface area contributed by atoms with Crippen LogP contribution in [0.4, 0.5) is 0 Å². The summed E-state index contributed by atoms with van der Waals surface area (Å²) < 4.78 is 10.9. The van der Waals surface area contributed by atoms with Gasteiger partial charge in [-0.15, -0.1) is 0 Å². The summed E-state index contributed by atoms with van der Waals surface area (Å²) in [5, 5.41) is 2.91. The molecule has 0 radical (unpaired) electrons. The first-order valence-electron chi connectivity index (χ1n) is 7.45. The first-order valence-corrected chi connectivity index (χ1v) is 7.45. The summed E-state index contributed by atoms with van der Waals surface area (Å²) in [4.78, 5) is 25.8. The Balaban J connectivity index is 1.70. The number of ether oxygens (including phenoxy) is 1. The Labute approximate surface area is 123 Å². The Morgan fingerprint density at radius 3 is 3.19 bits per heavy atom. The predicted molar refractivity (Wildman–Crippen MR) is 74.9 cm³/mol. The maximum atomic E-state index is 12.6. The molecule has 2 aliphatic heterocycles. The third-order valence-corrected chi connectivity index (χ3v) is 4.06. The average molecular weight is 292 g/mol. The van der Waals surface area contributed by atoms with E-state index in [9.17, 15) is 9.59 Å². The second-order valence-electron chi connectivity index (χ2n) is 5.57. The molecule has 2 aliphatic rings. The highest BCUT2D eigenvalue weighted by atomic mass is 16.5. The summed E-state index contributed by atoms with van der Waals surface area (Å²) >= 11 is 0. The summed E-state index contributed by atoms with van der Waals surface area (Å²) in [6.45, 7) is 3.31. The molecule has 0 bridgehead atoms. The first-order chi connectivity index (χ1) is 10.2. The lowest BCUT2D eigenvalue weighted by Crippen LogP contribution is -2.61. The van der Waals surface area contributed by atoms with Gasteiger partial charge in [-0.1, -0.05) is 6.92 Å². The number of carbonyl (C=O) groups excluding carboxylic acids is 2. The number of amides is 2. The van der Waals surface area contributed by atoms with E-state index in [1.807, 2.05) is 0 Å². The highest BCUT2D eigenvalue weighted by Gasteiger charge is 2.37. The van der Waals surface area contributed by atoms with Crippen molar-refractivity contribution in [3.63, 3.8) is 0 Å². The first kappa shape index (κ1) is 14.1. The molecular weight excluding hydrogens is 272 g/mol. The van der Waals surface area contributed by atoms with Crippen molar-refractivity contribution in [3.05, 3.63) is 23.7 Å². The Morgan fingerprint density at radius 2 is 2.38 bits per heavy atom. The van der Waals surface area contributed by atoms with Crippen molar-refractivity contribution in [2.75, 3.05) is 19.7 Å². The number of aryl methyl sites for hydroxylation is 1. The van der Waals surface area contributed by atoms with Gasteiger partial charge in [0.15, 0.2) is 0 Å². The van der Waals surface area contributed by atoms with Crippen LogP contribution in [0.15, 0.2) is 16.7 Å². The third-order valence-electron chi connectivity index (χ3n) is 4.06. The van der Waals surface area contributed by atoms with Gasteiger partial charge in [-0.2, -0.15) is 0 Å². The van der Waals surface area contributed by atoms with Crippen LogP contribution in [0.2, 0.25) is 0 Å². The summed E-state index contributed by atoms with van der Waals surface area (Å²) in [7, 11) is 0. The van der Waals surface area contributed by atoms with Crippen LogP contribution in [0.25, 0.3) is 0 Å². The lowest BCUT2D eigenvalue weighted by atomic mass is 9.99. The molecule has 0 spiro atoms. The van der Waals surface area contributed by atoms with Crippen molar-refractivity contribution in [3.8, 4) is 0 Å². The van der Waals surface area contributed by atoms with Crippen LogP contribution < -0.4 is 5.32 Å². The summed E-state index contributed by atoms with van der Waals surface area (Å²) in [5.41, 5.74) is 0.637. The molecule has 0 aromatic carbocycles. The molecule has 2 saturated heterocycles. The van der Waals surface area contributed by atoms with Gasteiger partial charge in [0, 0.05) is 19.5 Å². The van der Waals surface area contributed by atoms with Crippen LogP contribution in [0, 0.1) is 0 Å². The molecule has 3 rings (SSSR count). The van der Waals surface area contributed by atoms with Gasteiger partial charge in [-0.3, -0.25) is 9.59 Å². The van der Waals surface area contributed by atoms with E-state index >= 15 is 0 Å². The Hall–Kier alpha value is -1.82. The molecule has 1 aromatic rings. The minimum atomic E-state index is -0.111. The molecule has 1 N–H and O–H groups in total. The van der Waals surface area contributed by atoms with Gasteiger partial charge >= 0.3 is 0 Å². The van der Waals surface area contributed by atoms with Gasteiger partial charge in [-0.25, -0.2) is 0 Å². The summed E-state index contributed by atoms with van der Waals surface area (Å²) in [6, 6.07) is 1.63. The van der Waals surface area contributed by atoms with Gasteiger partial charge in [0.2, 0.25) is 5.91 Å². The Morgan fingerprint density at radius 1 is 1.52 bits per heavy atom. The molecule has 2 amide bonds. The van der Waals surface area contributed by atoms with E-state index in [-0.39, 0.29) is 30.6 Å².